The van der Waals surface area contributed by atoms with E-state index in [0.717, 1.165) is 0 Å². The van der Waals surface area contributed by atoms with Gasteiger partial charge in [-0.15, -0.1) is 0 Å². The quantitative estimate of drug-likeness (QED) is 0.543. The summed E-state index contributed by atoms with van der Waals surface area (Å²) in [6.07, 6.45) is 6.89. The molecule has 17 heavy (non-hydrogen) atoms. The van der Waals surface area contributed by atoms with E-state index in [1.165, 1.54) is 25.7 Å². The van der Waals surface area contributed by atoms with Crippen LogP contribution in [0, 0.1) is 0 Å². The van der Waals surface area contributed by atoms with Crippen molar-refractivity contribution >= 4 is 9.53 Å². The summed E-state index contributed by atoms with van der Waals surface area (Å²) in [5, 5.41) is 0. The van der Waals surface area contributed by atoms with Crippen LogP contribution < -0.4 is 0 Å². The molecule has 0 spiro atoms. The Morgan fingerprint density at radius 1 is 0.882 bits per heavy atom. The first-order valence-corrected chi connectivity index (χ1v) is 8.23. The van der Waals surface area contributed by atoms with Gasteiger partial charge in [-0.05, 0) is 33.6 Å². The smallest absolute Gasteiger partial charge is 0.376 e. The summed E-state index contributed by atoms with van der Waals surface area (Å²) < 4.78 is 20.9. The summed E-state index contributed by atoms with van der Waals surface area (Å²) in [5.74, 6) is 0. The van der Waals surface area contributed by atoms with Gasteiger partial charge in [0, 0.05) is 19.8 Å². The van der Waals surface area contributed by atoms with Crippen LogP contribution in [0.2, 0.25) is 0 Å². The third kappa shape index (κ3) is 6.52. The molecule has 0 bridgehead atoms. The number of hydrogen-bond donors (Lipinski definition) is 0. The lowest BCUT2D eigenvalue weighted by Crippen LogP contribution is -2.27. The van der Waals surface area contributed by atoms with Gasteiger partial charge in [-0.2, -0.15) is 0 Å². The predicted molar refractivity (Wildman–Crippen MR) is 69.2 cm³/mol. The van der Waals surface area contributed by atoms with E-state index in [2.05, 4.69) is 0 Å². The topological polar surface area (TPSA) is 40.2 Å². The first-order chi connectivity index (χ1) is 8.31. The number of fused-ring (bicyclic) bond motifs is 1. The van der Waals surface area contributed by atoms with Gasteiger partial charge in [0.2, 0.25) is 0 Å². The second kappa shape index (κ2) is 9.05. The summed E-state index contributed by atoms with van der Waals surface area (Å²) in [6.45, 7) is 7.86. The fourth-order valence-electron chi connectivity index (χ4n) is 1.93. The molecule has 1 aliphatic carbocycles. The second-order valence-corrected chi connectivity index (χ2v) is 5.73. The maximum atomic E-state index is 5.28. The molecule has 5 heteroatoms. The molecule has 0 aromatic heterocycles. The van der Waals surface area contributed by atoms with E-state index in [1.807, 2.05) is 20.8 Å². The molecule has 1 saturated carbocycles. The Labute approximate surface area is 107 Å². The molecule has 0 aromatic rings. The van der Waals surface area contributed by atoms with Crippen LogP contribution in [0.15, 0.2) is 0 Å². The van der Waals surface area contributed by atoms with E-state index >= 15 is 0 Å². The van der Waals surface area contributed by atoms with Crippen LogP contribution in [0.25, 0.3) is 0 Å². The molecule has 0 amide bonds. The first kappa shape index (κ1) is 15.1. The maximum absolute atomic E-state index is 5.28. The van der Waals surface area contributed by atoms with E-state index in [0.29, 0.717) is 32.0 Å². The zero-order valence-electron chi connectivity index (χ0n) is 11.3. The molecule has 2 unspecified atom stereocenters. The molecule has 1 saturated heterocycles. The minimum atomic E-state index is -1.73. The van der Waals surface area contributed by atoms with Crippen molar-refractivity contribution in [1.29, 1.82) is 0 Å². The highest BCUT2D eigenvalue weighted by Gasteiger charge is 2.39. The van der Waals surface area contributed by atoms with E-state index in [9.17, 15) is 0 Å². The lowest BCUT2D eigenvalue weighted by molar-refractivity contribution is 0.107. The molecule has 2 atom stereocenters. The minimum absolute atomic E-state index is 0.677. The average molecular weight is 262 g/mol. The van der Waals surface area contributed by atoms with E-state index in [1.54, 1.807) is 0 Å². The summed E-state index contributed by atoms with van der Waals surface area (Å²) in [7, 11) is -1.73. The fourth-order valence-corrected chi connectivity index (χ4v) is 3.04. The molecule has 4 nitrogen and oxygen atoms in total. The zero-order chi connectivity index (χ0) is 12.5. The normalized spacial score (nSPS) is 26.1. The van der Waals surface area contributed by atoms with Crippen LogP contribution in [0.1, 0.15) is 46.5 Å². The van der Waals surface area contributed by atoms with Gasteiger partial charge in [-0.1, -0.05) is 12.8 Å². The molecule has 0 N–H and O–H groups in total. The Bertz CT molecular complexity index is 167. The number of rotatable bonds is 6. The Kier molecular flexibility index (Phi) is 8.05. The Balaban J connectivity index is 0.000000177. The molecule has 1 heterocycles. The third-order valence-electron chi connectivity index (χ3n) is 2.82. The van der Waals surface area contributed by atoms with Crippen LogP contribution in [0.3, 0.4) is 0 Å². The highest BCUT2D eigenvalue weighted by atomic mass is 28.3. The average Bonchev–Trinajstić information content (AvgIpc) is 3.10. The van der Waals surface area contributed by atoms with Gasteiger partial charge in [0.25, 0.3) is 0 Å². The summed E-state index contributed by atoms with van der Waals surface area (Å²) in [6, 6.07) is 0. The molecular formula is C12H26O4Si. The van der Waals surface area contributed by atoms with Gasteiger partial charge < -0.3 is 18.0 Å². The van der Waals surface area contributed by atoms with Crippen molar-refractivity contribution in [2.24, 2.45) is 0 Å². The van der Waals surface area contributed by atoms with Gasteiger partial charge in [0.1, 0.15) is 0 Å². The minimum Gasteiger partial charge on any atom is -0.376 e. The fraction of sp³-hybridized carbons (Fsp3) is 1.00. The van der Waals surface area contributed by atoms with Crippen molar-refractivity contribution < 1.29 is 18.0 Å². The largest absolute Gasteiger partial charge is 0.484 e. The van der Waals surface area contributed by atoms with Gasteiger partial charge in [-0.25, -0.2) is 0 Å². The standard InChI is InChI=1S/C6H16O3Si.C6H10O/c1-4-7-10(8-5-2)9-6-3;1-2-4-6-5(3-1)7-6/h10H,4-6H2,1-3H3;5-6H,1-4H2. The van der Waals surface area contributed by atoms with Crippen molar-refractivity contribution in [1.82, 2.24) is 0 Å². The predicted octanol–water partition coefficient (Wildman–Crippen LogP) is 2.14. The SMILES string of the molecule is C1CCC2OC2C1.CCO[SiH](OCC)OCC. The van der Waals surface area contributed by atoms with Crippen LogP contribution in [0.5, 0.6) is 0 Å². The summed E-state index contributed by atoms with van der Waals surface area (Å²) >= 11 is 0. The van der Waals surface area contributed by atoms with E-state index in [4.69, 9.17) is 18.0 Å². The van der Waals surface area contributed by atoms with Gasteiger partial charge in [0.05, 0.1) is 12.2 Å². The second-order valence-electron chi connectivity index (χ2n) is 4.15. The van der Waals surface area contributed by atoms with Gasteiger partial charge >= 0.3 is 9.53 Å². The monoisotopic (exact) mass is 262 g/mol. The van der Waals surface area contributed by atoms with Gasteiger partial charge in [0.15, 0.2) is 0 Å². The highest BCUT2D eigenvalue weighted by molar-refractivity contribution is 6.36. The van der Waals surface area contributed by atoms with Crippen molar-refractivity contribution in [2.45, 2.75) is 58.7 Å². The number of hydrogen-bond acceptors (Lipinski definition) is 4. The van der Waals surface area contributed by atoms with Gasteiger partial charge in [-0.3, -0.25) is 0 Å². The first-order valence-electron chi connectivity index (χ1n) is 6.82. The number of epoxide rings is 1. The Morgan fingerprint density at radius 3 is 1.59 bits per heavy atom. The molecule has 2 aliphatic rings. The highest BCUT2D eigenvalue weighted by Crippen LogP contribution is 2.35. The van der Waals surface area contributed by atoms with Crippen molar-refractivity contribution in [3.05, 3.63) is 0 Å². The van der Waals surface area contributed by atoms with Crippen LogP contribution >= 0.6 is 0 Å². The number of ether oxygens (including phenoxy) is 1. The molecule has 2 rings (SSSR count). The lowest BCUT2D eigenvalue weighted by atomic mass is 10.0. The molecule has 0 aromatic carbocycles. The van der Waals surface area contributed by atoms with Crippen LogP contribution in [-0.4, -0.2) is 41.6 Å². The Morgan fingerprint density at radius 2 is 1.29 bits per heavy atom. The molecule has 102 valence electrons. The van der Waals surface area contributed by atoms with Crippen LogP contribution in [-0.2, 0) is 18.0 Å². The Hall–Kier alpha value is 0.0569. The van der Waals surface area contributed by atoms with E-state index in [-0.39, 0.29) is 0 Å². The van der Waals surface area contributed by atoms with E-state index < -0.39 is 9.53 Å². The van der Waals surface area contributed by atoms with Crippen molar-refractivity contribution in [2.75, 3.05) is 19.8 Å². The molecule has 1 aliphatic heterocycles. The van der Waals surface area contributed by atoms with Crippen molar-refractivity contribution in [3.8, 4) is 0 Å². The van der Waals surface area contributed by atoms with Crippen LogP contribution in [0.4, 0.5) is 0 Å². The van der Waals surface area contributed by atoms with Crippen molar-refractivity contribution in [3.63, 3.8) is 0 Å². The summed E-state index contributed by atoms with van der Waals surface area (Å²) in [4.78, 5) is 0. The molecule has 0 radical (unpaired) electrons. The maximum Gasteiger partial charge on any atom is 0.484 e. The summed E-state index contributed by atoms with van der Waals surface area (Å²) in [5.41, 5.74) is 0. The zero-order valence-corrected chi connectivity index (χ0v) is 12.5. The molecule has 2 fully saturated rings. The third-order valence-corrected chi connectivity index (χ3v) is 4.64. The lowest BCUT2D eigenvalue weighted by Gasteiger charge is -2.12. The molecular weight excluding hydrogens is 236 g/mol.